The number of β-amino-alcohol motifs (C(OH)–C–C–N with tert-alkyl or cyclic N) is 1. The van der Waals surface area contributed by atoms with Crippen LogP contribution < -0.4 is 4.74 Å². The van der Waals surface area contributed by atoms with Gasteiger partial charge in [0.2, 0.25) is 0 Å². The molecule has 140 valence electrons. The molecular formula is C20H18BrNO5. The molecule has 0 radical (unpaired) electrons. The molecule has 0 aromatic heterocycles. The lowest BCUT2D eigenvalue weighted by Crippen LogP contribution is -2.32. The molecule has 1 fully saturated rings. The zero-order valence-electron chi connectivity index (χ0n) is 14.6. The van der Waals surface area contributed by atoms with Gasteiger partial charge in [-0.15, -0.1) is 0 Å². The lowest BCUT2D eigenvalue weighted by atomic mass is 9.95. The smallest absolute Gasteiger partial charge is 0.295 e. The number of ketones is 1. The highest BCUT2D eigenvalue weighted by Gasteiger charge is 2.45. The molecule has 1 aliphatic rings. The van der Waals surface area contributed by atoms with Gasteiger partial charge in [0.05, 0.1) is 25.3 Å². The van der Waals surface area contributed by atoms with E-state index in [-0.39, 0.29) is 24.5 Å². The fourth-order valence-electron chi connectivity index (χ4n) is 3.15. The molecule has 1 unspecified atom stereocenters. The van der Waals surface area contributed by atoms with E-state index in [9.17, 15) is 19.8 Å². The number of benzene rings is 2. The summed E-state index contributed by atoms with van der Waals surface area (Å²) < 4.78 is 5.88. The second kappa shape index (κ2) is 7.94. The van der Waals surface area contributed by atoms with E-state index in [0.717, 1.165) is 4.47 Å². The molecule has 3 rings (SSSR count). The Balaban J connectivity index is 2.16. The summed E-state index contributed by atoms with van der Waals surface area (Å²) in [7, 11) is 1.53. The van der Waals surface area contributed by atoms with Crippen molar-refractivity contribution in [1.82, 2.24) is 4.90 Å². The van der Waals surface area contributed by atoms with Crippen molar-refractivity contribution in [3.05, 3.63) is 69.7 Å². The van der Waals surface area contributed by atoms with E-state index >= 15 is 0 Å². The van der Waals surface area contributed by atoms with Gasteiger partial charge in [0, 0.05) is 16.6 Å². The van der Waals surface area contributed by atoms with Crippen LogP contribution in [-0.2, 0) is 9.59 Å². The van der Waals surface area contributed by atoms with E-state index in [0.29, 0.717) is 16.9 Å². The Morgan fingerprint density at radius 2 is 1.89 bits per heavy atom. The number of methoxy groups -OCH3 is 1. The Morgan fingerprint density at radius 1 is 1.19 bits per heavy atom. The van der Waals surface area contributed by atoms with Crippen LogP contribution in [0, 0.1) is 0 Å². The highest BCUT2D eigenvalue weighted by molar-refractivity contribution is 9.10. The summed E-state index contributed by atoms with van der Waals surface area (Å²) >= 11 is 3.39. The molecule has 0 saturated carbocycles. The molecular weight excluding hydrogens is 414 g/mol. The Morgan fingerprint density at radius 3 is 2.48 bits per heavy atom. The van der Waals surface area contributed by atoms with Crippen molar-refractivity contribution in [2.75, 3.05) is 20.3 Å². The van der Waals surface area contributed by atoms with E-state index in [2.05, 4.69) is 15.9 Å². The third kappa shape index (κ3) is 3.61. The summed E-state index contributed by atoms with van der Waals surface area (Å²) in [5, 5.41) is 20.2. The molecule has 1 aliphatic heterocycles. The number of likely N-dealkylation sites (tertiary alicyclic amines) is 1. The fraction of sp³-hybridized carbons (Fsp3) is 0.200. The van der Waals surface area contributed by atoms with Gasteiger partial charge in [-0.05, 0) is 42.0 Å². The first-order chi connectivity index (χ1) is 13.0. The van der Waals surface area contributed by atoms with Crippen LogP contribution >= 0.6 is 15.9 Å². The molecule has 0 spiro atoms. The molecule has 1 heterocycles. The van der Waals surface area contributed by atoms with Crippen LogP contribution in [0.4, 0.5) is 0 Å². The predicted octanol–water partition coefficient (Wildman–Crippen LogP) is 2.87. The lowest BCUT2D eigenvalue weighted by Gasteiger charge is -2.24. The van der Waals surface area contributed by atoms with Crippen LogP contribution in [0.1, 0.15) is 17.2 Å². The first-order valence-corrected chi connectivity index (χ1v) is 9.06. The van der Waals surface area contributed by atoms with Crippen molar-refractivity contribution in [2.45, 2.75) is 6.04 Å². The third-order valence-electron chi connectivity index (χ3n) is 4.41. The number of nitrogens with zero attached hydrogens (tertiary/aromatic N) is 1. The van der Waals surface area contributed by atoms with Crippen molar-refractivity contribution < 1.29 is 24.5 Å². The van der Waals surface area contributed by atoms with Gasteiger partial charge < -0.3 is 19.8 Å². The number of amides is 1. The summed E-state index contributed by atoms with van der Waals surface area (Å²) in [6.07, 6.45) is 0. The predicted molar refractivity (Wildman–Crippen MR) is 103 cm³/mol. The van der Waals surface area contributed by atoms with Crippen molar-refractivity contribution in [3.8, 4) is 5.75 Å². The van der Waals surface area contributed by atoms with Crippen LogP contribution in [0.3, 0.4) is 0 Å². The van der Waals surface area contributed by atoms with Gasteiger partial charge in [-0.2, -0.15) is 0 Å². The Bertz CT molecular complexity index is 907. The Hall–Kier alpha value is -2.64. The van der Waals surface area contributed by atoms with Gasteiger partial charge in [0.25, 0.3) is 11.7 Å². The maximum atomic E-state index is 12.7. The maximum absolute atomic E-state index is 12.7. The topological polar surface area (TPSA) is 87.1 Å². The van der Waals surface area contributed by atoms with Gasteiger partial charge in [-0.3, -0.25) is 9.59 Å². The van der Waals surface area contributed by atoms with E-state index in [1.165, 1.54) is 12.0 Å². The van der Waals surface area contributed by atoms with E-state index in [1.54, 1.807) is 42.5 Å². The molecule has 2 N–H and O–H groups in total. The summed E-state index contributed by atoms with van der Waals surface area (Å²) in [4.78, 5) is 26.4. The molecule has 0 bridgehead atoms. The summed E-state index contributed by atoms with van der Waals surface area (Å²) in [5.41, 5.74) is 1.06. The highest BCUT2D eigenvalue weighted by atomic mass is 79.9. The Kier molecular flexibility index (Phi) is 5.62. The fourth-order valence-corrected chi connectivity index (χ4v) is 3.56. The molecule has 6 nitrogen and oxygen atoms in total. The van der Waals surface area contributed by atoms with Gasteiger partial charge >= 0.3 is 0 Å². The van der Waals surface area contributed by atoms with Gasteiger partial charge in [-0.1, -0.05) is 28.1 Å². The molecule has 2 aromatic carbocycles. The van der Waals surface area contributed by atoms with Crippen molar-refractivity contribution in [3.63, 3.8) is 0 Å². The molecule has 1 saturated heterocycles. The molecule has 1 atom stereocenters. The number of ether oxygens (including phenoxy) is 1. The SMILES string of the molecule is COc1ccc(/C(O)=C2/C(=O)C(=O)N(CCO)C2c2cccc(Br)c2)cc1. The van der Waals surface area contributed by atoms with Gasteiger partial charge in [-0.25, -0.2) is 0 Å². The van der Waals surface area contributed by atoms with Crippen LogP contribution in [0.25, 0.3) is 5.76 Å². The number of carbonyl (C=O) groups is 2. The van der Waals surface area contributed by atoms with E-state index in [1.807, 2.05) is 6.07 Å². The summed E-state index contributed by atoms with van der Waals surface area (Å²) in [6.45, 7) is -0.304. The van der Waals surface area contributed by atoms with Crippen molar-refractivity contribution >= 4 is 33.4 Å². The molecule has 27 heavy (non-hydrogen) atoms. The minimum atomic E-state index is -0.781. The first kappa shape index (κ1) is 19.1. The van der Waals surface area contributed by atoms with Crippen LogP contribution in [0.15, 0.2) is 58.6 Å². The number of carbonyl (C=O) groups excluding carboxylic acids is 2. The number of halogens is 1. The van der Waals surface area contributed by atoms with E-state index in [4.69, 9.17) is 4.74 Å². The standard InChI is InChI=1S/C20H18BrNO5/c1-27-15-7-5-12(6-8-15)18(24)16-17(13-3-2-4-14(21)11-13)22(9-10-23)20(26)19(16)25/h2-8,11,17,23-24H,9-10H2,1H3/b18-16-. The van der Waals surface area contributed by atoms with Crippen molar-refractivity contribution in [2.24, 2.45) is 0 Å². The van der Waals surface area contributed by atoms with Crippen molar-refractivity contribution in [1.29, 1.82) is 0 Å². The normalized spacial score (nSPS) is 18.8. The van der Waals surface area contributed by atoms with Crippen LogP contribution in [0.2, 0.25) is 0 Å². The molecule has 7 heteroatoms. The number of aliphatic hydroxyl groups excluding tert-OH is 2. The van der Waals surface area contributed by atoms with Crippen LogP contribution in [-0.4, -0.2) is 47.1 Å². The minimum absolute atomic E-state index is 0.00304. The quantitative estimate of drug-likeness (QED) is 0.431. The lowest BCUT2D eigenvalue weighted by molar-refractivity contribution is -0.140. The second-order valence-electron chi connectivity index (χ2n) is 6.00. The zero-order valence-corrected chi connectivity index (χ0v) is 16.1. The molecule has 2 aromatic rings. The largest absolute Gasteiger partial charge is 0.507 e. The molecule has 0 aliphatic carbocycles. The summed E-state index contributed by atoms with van der Waals surface area (Å²) in [5.74, 6) is -1.18. The number of Topliss-reactive ketones (excluding diaryl/α,β-unsaturated/α-hetero) is 1. The van der Waals surface area contributed by atoms with Gasteiger partial charge in [0.15, 0.2) is 0 Å². The zero-order chi connectivity index (χ0) is 19.6. The average molecular weight is 432 g/mol. The number of aliphatic hydroxyl groups is 2. The first-order valence-electron chi connectivity index (χ1n) is 8.27. The van der Waals surface area contributed by atoms with E-state index < -0.39 is 17.7 Å². The maximum Gasteiger partial charge on any atom is 0.295 e. The van der Waals surface area contributed by atoms with Gasteiger partial charge in [0.1, 0.15) is 11.5 Å². The summed E-state index contributed by atoms with van der Waals surface area (Å²) in [6, 6.07) is 12.9. The minimum Gasteiger partial charge on any atom is -0.507 e. The van der Waals surface area contributed by atoms with Crippen LogP contribution in [0.5, 0.6) is 5.75 Å². The Labute approximate surface area is 164 Å². The third-order valence-corrected chi connectivity index (χ3v) is 4.90. The number of hydrogen-bond donors (Lipinski definition) is 2. The molecule has 1 amide bonds. The monoisotopic (exact) mass is 431 g/mol. The number of rotatable bonds is 5. The number of hydrogen-bond acceptors (Lipinski definition) is 5. The highest BCUT2D eigenvalue weighted by Crippen LogP contribution is 2.39. The average Bonchev–Trinajstić information content (AvgIpc) is 2.93. The second-order valence-corrected chi connectivity index (χ2v) is 6.92.